The summed E-state index contributed by atoms with van der Waals surface area (Å²) in [4.78, 5) is 0. The lowest BCUT2D eigenvalue weighted by atomic mass is 9.82. The molecule has 9 aromatic rings. The van der Waals surface area contributed by atoms with Crippen LogP contribution in [0.25, 0.3) is 87.6 Å². The smallest absolute Gasteiger partial charge is 0.00201 e. The zero-order valence-corrected chi connectivity index (χ0v) is 25.3. The summed E-state index contributed by atoms with van der Waals surface area (Å²) < 4.78 is 0. The summed E-state index contributed by atoms with van der Waals surface area (Å²) in [6.07, 6.45) is 0. The van der Waals surface area contributed by atoms with Gasteiger partial charge in [0.2, 0.25) is 0 Å². The Bertz CT molecular complexity index is 2460. The summed E-state index contributed by atoms with van der Waals surface area (Å²) in [5.41, 5.74) is 10.0. The van der Waals surface area contributed by atoms with Gasteiger partial charge in [0, 0.05) is 0 Å². The molecule has 0 nitrogen and oxygen atoms in total. The summed E-state index contributed by atoms with van der Waals surface area (Å²) >= 11 is 0. The van der Waals surface area contributed by atoms with Crippen LogP contribution in [0.2, 0.25) is 0 Å². The van der Waals surface area contributed by atoms with Crippen molar-refractivity contribution in [3.8, 4) is 44.5 Å². The second-order valence-corrected chi connectivity index (χ2v) is 12.0. The van der Waals surface area contributed by atoms with E-state index in [0.29, 0.717) is 0 Å². The first kappa shape index (κ1) is 26.4. The van der Waals surface area contributed by atoms with Crippen molar-refractivity contribution in [3.05, 3.63) is 182 Å². The van der Waals surface area contributed by atoms with Crippen LogP contribution in [-0.4, -0.2) is 0 Å². The lowest BCUT2D eigenvalue weighted by Crippen LogP contribution is -1.94. The fourth-order valence-corrected chi connectivity index (χ4v) is 7.44. The molecule has 0 N–H and O–H groups in total. The van der Waals surface area contributed by atoms with Gasteiger partial charge in [-0.1, -0.05) is 170 Å². The van der Waals surface area contributed by atoms with E-state index in [1.54, 1.807) is 0 Å². The standard InChI is InChI=1S/C46H30/c1-2-15-31(16-3-1)32-19-14-20-35(29-32)44-38-23-8-10-25-40(38)46(41-26-11-9-24-39(41)44)43-28-13-12-27-42(43)45-36-21-6-4-17-33(36)30-34-18-5-7-22-37(34)45/h1-30H. The largest absolute Gasteiger partial charge is 0.0622 e. The fraction of sp³-hybridized carbons (Fsp3) is 0. The molecule has 0 aliphatic carbocycles. The molecule has 0 aromatic heterocycles. The minimum atomic E-state index is 1.23. The van der Waals surface area contributed by atoms with Crippen molar-refractivity contribution in [2.75, 3.05) is 0 Å². The minimum Gasteiger partial charge on any atom is -0.0622 e. The van der Waals surface area contributed by atoms with Crippen molar-refractivity contribution in [3.63, 3.8) is 0 Å². The predicted molar refractivity (Wildman–Crippen MR) is 198 cm³/mol. The predicted octanol–water partition coefficient (Wildman–Crippen LogP) is 13.0. The summed E-state index contributed by atoms with van der Waals surface area (Å²) in [6, 6.07) is 66.5. The zero-order valence-electron chi connectivity index (χ0n) is 25.3. The molecule has 0 saturated heterocycles. The Morgan fingerprint density at radius 1 is 0.217 bits per heavy atom. The third-order valence-corrected chi connectivity index (χ3v) is 9.43. The van der Waals surface area contributed by atoms with E-state index >= 15 is 0 Å². The van der Waals surface area contributed by atoms with Gasteiger partial charge < -0.3 is 0 Å². The van der Waals surface area contributed by atoms with Gasteiger partial charge in [-0.3, -0.25) is 0 Å². The van der Waals surface area contributed by atoms with Crippen LogP contribution in [0.15, 0.2) is 182 Å². The Morgan fingerprint density at radius 2 is 0.609 bits per heavy atom. The minimum absolute atomic E-state index is 1.23. The number of hydrogen-bond donors (Lipinski definition) is 0. The van der Waals surface area contributed by atoms with Crippen molar-refractivity contribution < 1.29 is 0 Å². The molecule has 9 aromatic carbocycles. The number of hydrogen-bond acceptors (Lipinski definition) is 0. The first-order valence-corrected chi connectivity index (χ1v) is 15.9. The Morgan fingerprint density at radius 3 is 1.17 bits per heavy atom. The molecule has 46 heavy (non-hydrogen) atoms. The molecule has 0 spiro atoms. The van der Waals surface area contributed by atoms with Crippen LogP contribution >= 0.6 is 0 Å². The Kier molecular flexibility index (Phi) is 6.25. The second kappa shape index (κ2) is 10.9. The maximum atomic E-state index is 2.35. The highest BCUT2D eigenvalue weighted by atomic mass is 14.2. The zero-order chi connectivity index (χ0) is 30.5. The van der Waals surface area contributed by atoms with Crippen LogP contribution in [0.5, 0.6) is 0 Å². The molecule has 0 radical (unpaired) electrons. The molecule has 0 bridgehead atoms. The summed E-state index contributed by atoms with van der Waals surface area (Å²) in [5.74, 6) is 0. The summed E-state index contributed by atoms with van der Waals surface area (Å²) in [5, 5.41) is 10.1. The number of rotatable bonds is 4. The quantitative estimate of drug-likeness (QED) is 0.181. The number of fused-ring (bicyclic) bond motifs is 4. The van der Waals surface area contributed by atoms with Gasteiger partial charge in [0.15, 0.2) is 0 Å². The Balaban J connectivity index is 1.38. The van der Waals surface area contributed by atoms with Gasteiger partial charge in [-0.05, 0) is 99.7 Å². The molecule has 0 unspecified atom stereocenters. The second-order valence-electron chi connectivity index (χ2n) is 12.0. The van der Waals surface area contributed by atoms with Gasteiger partial charge in [-0.2, -0.15) is 0 Å². The van der Waals surface area contributed by atoms with Crippen molar-refractivity contribution in [1.82, 2.24) is 0 Å². The van der Waals surface area contributed by atoms with Gasteiger partial charge in [-0.25, -0.2) is 0 Å². The first-order valence-electron chi connectivity index (χ1n) is 15.9. The van der Waals surface area contributed by atoms with E-state index < -0.39 is 0 Å². The molecule has 9 rings (SSSR count). The van der Waals surface area contributed by atoms with Crippen molar-refractivity contribution in [2.45, 2.75) is 0 Å². The van der Waals surface area contributed by atoms with Gasteiger partial charge in [0.1, 0.15) is 0 Å². The van der Waals surface area contributed by atoms with Gasteiger partial charge in [-0.15, -0.1) is 0 Å². The van der Waals surface area contributed by atoms with Crippen molar-refractivity contribution in [1.29, 1.82) is 0 Å². The molecule has 0 atom stereocenters. The van der Waals surface area contributed by atoms with Gasteiger partial charge in [0.25, 0.3) is 0 Å². The van der Waals surface area contributed by atoms with Crippen LogP contribution in [0, 0.1) is 0 Å². The van der Waals surface area contributed by atoms with E-state index in [4.69, 9.17) is 0 Å². The van der Waals surface area contributed by atoms with Crippen molar-refractivity contribution in [2.24, 2.45) is 0 Å². The molecule has 0 amide bonds. The van der Waals surface area contributed by atoms with Crippen LogP contribution in [-0.2, 0) is 0 Å². The maximum Gasteiger partial charge on any atom is -0.00201 e. The molecule has 0 heterocycles. The molecular weight excluding hydrogens is 553 g/mol. The molecule has 0 fully saturated rings. The number of benzene rings is 9. The lowest BCUT2D eigenvalue weighted by Gasteiger charge is -2.21. The van der Waals surface area contributed by atoms with Crippen LogP contribution in [0.3, 0.4) is 0 Å². The van der Waals surface area contributed by atoms with Gasteiger partial charge in [0.05, 0.1) is 0 Å². The van der Waals surface area contributed by atoms with Gasteiger partial charge >= 0.3 is 0 Å². The molecule has 214 valence electrons. The average molecular weight is 583 g/mol. The highest BCUT2D eigenvalue weighted by Crippen LogP contribution is 2.48. The Hall–Kier alpha value is -5.98. The van der Waals surface area contributed by atoms with E-state index in [1.807, 2.05) is 0 Å². The molecule has 0 heteroatoms. The van der Waals surface area contributed by atoms with Crippen LogP contribution < -0.4 is 0 Å². The van der Waals surface area contributed by atoms with E-state index in [1.165, 1.54) is 87.6 Å². The van der Waals surface area contributed by atoms with Crippen LogP contribution in [0.1, 0.15) is 0 Å². The Labute approximate surface area is 268 Å². The third kappa shape index (κ3) is 4.23. The molecular formula is C46H30. The van der Waals surface area contributed by atoms with Crippen molar-refractivity contribution >= 4 is 43.1 Å². The SMILES string of the molecule is c1ccc(-c2cccc(-c3c4ccccc4c(-c4ccccc4-c4c5ccccc5cc5ccccc45)c4ccccc34)c2)cc1. The topological polar surface area (TPSA) is 0 Å². The first-order chi connectivity index (χ1) is 22.8. The van der Waals surface area contributed by atoms with E-state index in [2.05, 4.69) is 182 Å². The molecule has 0 aliphatic heterocycles. The highest BCUT2D eigenvalue weighted by molar-refractivity contribution is 6.24. The fourth-order valence-electron chi connectivity index (χ4n) is 7.44. The monoisotopic (exact) mass is 582 g/mol. The lowest BCUT2D eigenvalue weighted by molar-refractivity contribution is 1.61. The van der Waals surface area contributed by atoms with Crippen LogP contribution in [0.4, 0.5) is 0 Å². The third-order valence-electron chi connectivity index (χ3n) is 9.43. The maximum absolute atomic E-state index is 2.35. The average Bonchev–Trinajstić information content (AvgIpc) is 3.13. The van der Waals surface area contributed by atoms with E-state index in [0.717, 1.165) is 0 Å². The normalized spacial score (nSPS) is 11.5. The molecule has 0 saturated carbocycles. The highest BCUT2D eigenvalue weighted by Gasteiger charge is 2.20. The summed E-state index contributed by atoms with van der Waals surface area (Å²) in [6.45, 7) is 0. The molecule has 0 aliphatic rings. The van der Waals surface area contributed by atoms with E-state index in [-0.39, 0.29) is 0 Å². The summed E-state index contributed by atoms with van der Waals surface area (Å²) in [7, 11) is 0. The van der Waals surface area contributed by atoms with E-state index in [9.17, 15) is 0 Å².